The standard InChI is InChI=1S/C21H26FN5O3/c1-26(21(29)30-2)19-6-4-8-27(14-19)13-15-9-16(22)11-18(10-15)25-20(28)24-17-5-3-7-23-12-17/h3,5,7,9-12,19H,4,6,8,13-14H2,1-2H3,(H2,24,25,28)/t19-/m1/s1. The molecule has 0 spiro atoms. The monoisotopic (exact) mass is 415 g/mol. The maximum Gasteiger partial charge on any atom is 0.409 e. The Balaban J connectivity index is 1.62. The molecule has 1 fully saturated rings. The summed E-state index contributed by atoms with van der Waals surface area (Å²) in [6.45, 7) is 2.04. The summed E-state index contributed by atoms with van der Waals surface area (Å²) >= 11 is 0. The van der Waals surface area contributed by atoms with Gasteiger partial charge in [0.25, 0.3) is 0 Å². The van der Waals surface area contributed by atoms with Gasteiger partial charge in [-0.25, -0.2) is 14.0 Å². The molecule has 1 saturated heterocycles. The molecule has 160 valence electrons. The number of pyridine rings is 1. The first-order valence-electron chi connectivity index (χ1n) is 9.75. The average molecular weight is 415 g/mol. The number of piperidine rings is 1. The van der Waals surface area contributed by atoms with Crippen molar-refractivity contribution < 1.29 is 18.7 Å². The number of carbonyl (C=O) groups excluding carboxylic acids is 2. The SMILES string of the molecule is COC(=O)N(C)[C@@H]1CCCN(Cc2cc(F)cc(NC(=O)Nc3cccnc3)c2)C1. The van der Waals surface area contributed by atoms with Gasteiger partial charge in [0.05, 0.1) is 19.0 Å². The Labute approximate surface area is 175 Å². The molecule has 1 aromatic carbocycles. The van der Waals surface area contributed by atoms with Crippen LogP contribution >= 0.6 is 0 Å². The van der Waals surface area contributed by atoms with Gasteiger partial charge in [0.2, 0.25) is 0 Å². The van der Waals surface area contributed by atoms with Crippen molar-refractivity contribution in [3.63, 3.8) is 0 Å². The molecular formula is C21H26FN5O3. The lowest BCUT2D eigenvalue weighted by atomic mass is 10.0. The van der Waals surface area contributed by atoms with Crippen LogP contribution in [-0.4, -0.2) is 60.2 Å². The number of nitrogens with one attached hydrogen (secondary N) is 2. The zero-order valence-corrected chi connectivity index (χ0v) is 17.1. The van der Waals surface area contributed by atoms with Gasteiger partial charge in [-0.05, 0) is 55.3 Å². The molecular weight excluding hydrogens is 389 g/mol. The molecule has 3 rings (SSSR count). The van der Waals surface area contributed by atoms with Crippen LogP contribution in [0, 0.1) is 5.82 Å². The quantitative estimate of drug-likeness (QED) is 0.780. The number of nitrogens with zero attached hydrogens (tertiary/aromatic N) is 3. The van der Waals surface area contributed by atoms with Crippen molar-refractivity contribution in [1.82, 2.24) is 14.8 Å². The van der Waals surface area contributed by atoms with E-state index in [4.69, 9.17) is 4.74 Å². The Hall–Kier alpha value is -3.20. The Bertz CT molecular complexity index is 880. The molecule has 2 N–H and O–H groups in total. The number of carbonyl (C=O) groups is 2. The predicted molar refractivity (Wildman–Crippen MR) is 112 cm³/mol. The lowest BCUT2D eigenvalue weighted by Gasteiger charge is -2.37. The molecule has 1 atom stereocenters. The number of anilines is 2. The topological polar surface area (TPSA) is 86.8 Å². The molecule has 0 unspecified atom stereocenters. The van der Waals surface area contributed by atoms with Gasteiger partial charge >= 0.3 is 12.1 Å². The lowest BCUT2D eigenvalue weighted by molar-refractivity contribution is 0.0833. The first-order chi connectivity index (χ1) is 14.4. The normalized spacial score (nSPS) is 16.6. The second-order valence-corrected chi connectivity index (χ2v) is 7.28. The number of hydrogen-bond donors (Lipinski definition) is 2. The highest BCUT2D eigenvalue weighted by Gasteiger charge is 2.26. The zero-order valence-electron chi connectivity index (χ0n) is 17.1. The molecule has 2 aromatic rings. The molecule has 0 aliphatic carbocycles. The van der Waals surface area contributed by atoms with Gasteiger partial charge in [-0.3, -0.25) is 9.88 Å². The smallest absolute Gasteiger partial charge is 0.409 e. The minimum atomic E-state index is -0.475. The Morgan fingerprint density at radius 3 is 2.83 bits per heavy atom. The second kappa shape index (κ2) is 10.0. The maximum atomic E-state index is 14.1. The van der Waals surface area contributed by atoms with E-state index >= 15 is 0 Å². The number of methoxy groups -OCH3 is 1. The largest absolute Gasteiger partial charge is 0.453 e. The number of aromatic nitrogens is 1. The second-order valence-electron chi connectivity index (χ2n) is 7.28. The van der Waals surface area contributed by atoms with Crippen LogP contribution in [0.2, 0.25) is 0 Å². The van der Waals surface area contributed by atoms with E-state index in [1.165, 1.54) is 25.4 Å². The highest BCUT2D eigenvalue weighted by molar-refractivity contribution is 5.99. The number of halogens is 1. The summed E-state index contributed by atoms with van der Waals surface area (Å²) in [6.07, 6.45) is 4.59. The molecule has 2 heterocycles. The molecule has 1 aliphatic heterocycles. The van der Waals surface area contributed by atoms with Crippen molar-refractivity contribution in [1.29, 1.82) is 0 Å². The van der Waals surface area contributed by atoms with Crippen LogP contribution in [0.1, 0.15) is 18.4 Å². The summed E-state index contributed by atoms with van der Waals surface area (Å²) in [6, 6.07) is 7.47. The average Bonchev–Trinajstić information content (AvgIpc) is 2.73. The van der Waals surface area contributed by atoms with Gasteiger partial charge in [0, 0.05) is 38.1 Å². The summed E-state index contributed by atoms with van der Waals surface area (Å²) in [5.41, 5.74) is 1.65. The summed E-state index contributed by atoms with van der Waals surface area (Å²) < 4.78 is 18.9. The molecule has 0 bridgehead atoms. The number of likely N-dealkylation sites (N-methyl/N-ethyl adjacent to an activating group) is 1. The summed E-state index contributed by atoms with van der Waals surface area (Å²) in [4.78, 5) is 31.7. The van der Waals surface area contributed by atoms with E-state index in [9.17, 15) is 14.0 Å². The van der Waals surface area contributed by atoms with Crippen molar-refractivity contribution in [3.8, 4) is 0 Å². The van der Waals surface area contributed by atoms with Gasteiger partial charge in [-0.2, -0.15) is 0 Å². The molecule has 30 heavy (non-hydrogen) atoms. The van der Waals surface area contributed by atoms with Crippen LogP contribution in [0.3, 0.4) is 0 Å². The number of likely N-dealkylation sites (tertiary alicyclic amines) is 1. The van der Waals surface area contributed by atoms with E-state index in [1.54, 1.807) is 36.3 Å². The number of rotatable bonds is 5. The van der Waals surface area contributed by atoms with Crippen molar-refractivity contribution >= 4 is 23.5 Å². The molecule has 8 nitrogen and oxygen atoms in total. The fourth-order valence-electron chi connectivity index (χ4n) is 3.59. The third kappa shape index (κ3) is 5.90. The van der Waals surface area contributed by atoms with Gasteiger partial charge in [-0.1, -0.05) is 0 Å². The number of hydrogen-bond acceptors (Lipinski definition) is 5. The molecule has 0 radical (unpaired) electrons. The Kier molecular flexibility index (Phi) is 7.18. The van der Waals surface area contributed by atoms with E-state index in [2.05, 4.69) is 20.5 Å². The summed E-state index contributed by atoms with van der Waals surface area (Å²) in [5, 5.41) is 5.30. The Morgan fingerprint density at radius 1 is 1.30 bits per heavy atom. The van der Waals surface area contributed by atoms with E-state index in [1.807, 2.05) is 0 Å². The highest BCUT2D eigenvalue weighted by atomic mass is 19.1. The minimum absolute atomic E-state index is 0.0441. The zero-order chi connectivity index (χ0) is 21.5. The number of amides is 3. The molecule has 1 aromatic heterocycles. The number of benzene rings is 1. The lowest BCUT2D eigenvalue weighted by Crippen LogP contribution is -2.48. The maximum absolute atomic E-state index is 14.1. The number of urea groups is 1. The molecule has 3 amide bonds. The third-order valence-corrected chi connectivity index (χ3v) is 5.03. The van der Waals surface area contributed by atoms with Crippen LogP contribution in [-0.2, 0) is 11.3 Å². The van der Waals surface area contributed by atoms with E-state index < -0.39 is 11.8 Å². The van der Waals surface area contributed by atoms with Crippen molar-refractivity contribution in [2.45, 2.75) is 25.4 Å². The molecule has 0 saturated carbocycles. The first-order valence-corrected chi connectivity index (χ1v) is 9.75. The predicted octanol–water partition coefficient (Wildman–Crippen LogP) is 3.53. The summed E-state index contributed by atoms with van der Waals surface area (Å²) in [5.74, 6) is -0.426. The minimum Gasteiger partial charge on any atom is -0.453 e. The van der Waals surface area contributed by atoms with Crippen molar-refractivity contribution in [3.05, 3.63) is 54.1 Å². The van der Waals surface area contributed by atoms with Gasteiger partial charge in [-0.15, -0.1) is 0 Å². The summed E-state index contributed by atoms with van der Waals surface area (Å²) in [7, 11) is 3.09. The van der Waals surface area contributed by atoms with Crippen molar-refractivity contribution in [2.24, 2.45) is 0 Å². The fourth-order valence-corrected chi connectivity index (χ4v) is 3.59. The van der Waals surface area contributed by atoms with Crippen LogP contribution < -0.4 is 10.6 Å². The van der Waals surface area contributed by atoms with Gasteiger partial charge < -0.3 is 20.3 Å². The highest BCUT2D eigenvalue weighted by Crippen LogP contribution is 2.21. The van der Waals surface area contributed by atoms with Gasteiger partial charge in [0.15, 0.2) is 0 Å². The van der Waals surface area contributed by atoms with E-state index in [0.717, 1.165) is 24.9 Å². The third-order valence-electron chi connectivity index (χ3n) is 5.03. The molecule has 1 aliphatic rings. The van der Waals surface area contributed by atoms with E-state index in [-0.39, 0.29) is 12.1 Å². The molecule has 9 heteroatoms. The van der Waals surface area contributed by atoms with Crippen LogP contribution in [0.5, 0.6) is 0 Å². The first kappa shape index (κ1) is 21.5. The number of ether oxygens (including phenoxy) is 1. The fraction of sp³-hybridized carbons (Fsp3) is 0.381. The van der Waals surface area contributed by atoms with Gasteiger partial charge in [0.1, 0.15) is 5.82 Å². The van der Waals surface area contributed by atoms with E-state index in [0.29, 0.717) is 24.5 Å². The van der Waals surface area contributed by atoms with Crippen molar-refractivity contribution in [2.75, 3.05) is 37.9 Å². The van der Waals surface area contributed by atoms with Crippen LogP contribution in [0.4, 0.5) is 25.4 Å². The Morgan fingerprint density at radius 2 is 2.10 bits per heavy atom. The van der Waals surface area contributed by atoms with Crippen LogP contribution in [0.25, 0.3) is 0 Å². The van der Waals surface area contributed by atoms with Crippen LogP contribution in [0.15, 0.2) is 42.7 Å².